The van der Waals surface area contributed by atoms with Crippen molar-refractivity contribution < 1.29 is 13.2 Å². The Morgan fingerprint density at radius 1 is 1.06 bits per heavy atom. The molecule has 0 N–H and O–H groups in total. The highest BCUT2D eigenvalue weighted by Gasteiger charge is 2.17. The molecule has 2 aromatic carbocycles. The van der Waals surface area contributed by atoms with E-state index in [2.05, 4.69) is 0 Å². The topological polar surface area (TPSA) is 23.8 Å². The van der Waals surface area contributed by atoms with Gasteiger partial charge in [-0.05, 0) is 29.8 Å². The molecule has 0 unspecified atom stereocenters. The van der Waals surface area contributed by atoms with Gasteiger partial charge in [0.25, 0.3) is 0 Å². The molecule has 0 amide bonds. The molecule has 90 valence electrons. The third-order valence-corrected chi connectivity index (χ3v) is 2.54. The van der Waals surface area contributed by atoms with Crippen molar-refractivity contribution in [2.45, 2.75) is 6.17 Å². The highest BCUT2D eigenvalue weighted by atomic mass is 19.1. The average molecular weight is 247 g/mol. The molecule has 0 bridgehead atoms. The van der Waals surface area contributed by atoms with E-state index < -0.39 is 17.8 Å². The van der Waals surface area contributed by atoms with E-state index in [1.165, 1.54) is 30.3 Å². The monoisotopic (exact) mass is 247 g/mol. The van der Waals surface area contributed by atoms with Crippen LogP contribution in [0.4, 0.5) is 13.2 Å². The van der Waals surface area contributed by atoms with E-state index in [4.69, 9.17) is 5.26 Å². The van der Waals surface area contributed by atoms with Crippen LogP contribution in [0.25, 0.3) is 0 Å². The molecule has 0 saturated heterocycles. The summed E-state index contributed by atoms with van der Waals surface area (Å²) in [4.78, 5) is 0. The third kappa shape index (κ3) is 2.35. The van der Waals surface area contributed by atoms with Crippen molar-refractivity contribution in [2.75, 3.05) is 0 Å². The fourth-order valence-electron chi connectivity index (χ4n) is 1.65. The van der Waals surface area contributed by atoms with E-state index in [0.29, 0.717) is 0 Å². The Bertz CT molecular complexity index is 617. The summed E-state index contributed by atoms with van der Waals surface area (Å²) in [5, 5.41) is 8.58. The summed E-state index contributed by atoms with van der Waals surface area (Å²) in [6.45, 7) is 0. The number of hydrogen-bond donors (Lipinski definition) is 0. The number of rotatable bonds is 2. The predicted molar refractivity (Wildman–Crippen MR) is 60.5 cm³/mol. The summed E-state index contributed by atoms with van der Waals surface area (Å²) in [5.41, 5.74) is -0.0547. The number of alkyl halides is 1. The Balaban J connectivity index is 2.40. The molecule has 0 saturated carbocycles. The molecule has 0 aliphatic carbocycles. The Labute approximate surface area is 102 Å². The standard InChI is InChI=1S/C14H8F3N/c15-11-3-1-2-10(7-11)14(17)12-5-4-9(8-18)6-13(12)16/h1-7,14H/t14-/m0/s1. The van der Waals surface area contributed by atoms with Crippen molar-refractivity contribution in [3.63, 3.8) is 0 Å². The highest BCUT2D eigenvalue weighted by molar-refractivity contribution is 5.37. The lowest BCUT2D eigenvalue weighted by molar-refractivity contribution is 0.386. The van der Waals surface area contributed by atoms with Gasteiger partial charge in [0.2, 0.25) is 0 Å². The first-order chi connectivity index (χ1) is 8.61. The van der Waals surface area contributed by atoms with Crippen molar-refractivity contribution in [3.05, 3.63) is 70.8 Å². The highest BCUT2D eigenvalue weighted by Crippen LogP contribution is 2.28. The van der Waals surface area contributed by atoms with Gasteiger partial charge in [-0.2, -0.15) is 5.26 Å². The van der Waals surface area contributed by atoms with Crippen LogP contribution in [0, 0.1) is 23.0 Å². The molecule has 0 aromatic heterocycles. The second kappa shape index (κ2) is 4.92. The molecule has 0 aliphatic rings. The smallest absolute Gasteiger partial charge is 0.153 e. The average Bonchev–Trinajstić information content (AvgIpc) is 2.37. The lowest BCUT2D eigenvalue weighted by Gasteiger charge is -2.10. The van der Waals surface area contributed by atoms with Gasteiger partial charge in [-0.3, -0.25) is 0 Å². The first-order valence-electron chi connectivity index (χ1n) is 5.21. The van der Waals surface area contributed by atoms with Gasteiger partial charge >= 0.3 is 0 Å². The van der Waals surface area contributed by atoms with E-state index in [1.807, 2.05) is 0 Å². The molecule has 0 radical (unpaired) electrons. The summed E-state index contributed by atoms with van der Waals surface area (Å²) in [7, 11) is 0. The summed E-state index contributed by atoms with van der Waals surface area (Å²) in [6.07, 6.45) is -1.76. The summed E-state index contributed by atoms with van der Waals surface area (Å²) in [5.74, 6) is -1.39. The van der Waals surface area contributed by atoms with Gasteiger partial charge < -0.3 is 0 Å². The molecule has 1 nitrogen and oxygen atoms in total. The third-order valence-electron chi connectivity index (χ3n) is 2.54. The molecule has 0 aliphatic heterocycles. The van der Waals surface area contributed by atoms with E-state index in [1.54, 1.807) is 6.07 Å². The molecule has 2 aromatic rings. The van der Waals surface area contributed by atoms with Crippen molar-refractivity contribution in [1.29, 1.82) is 5.26 Å². The van der Waals surface area contributed by atoms with Crippen molar-refractivity contribution >= 4 is 0 Å². The largest absolute Gasteiger partial charge is 0.237 e. The molecule has 4 heteroatoms. The zero-order chi connectivity index (χ0) is 13.1. The van der Waals surface area contributed by atoms with Gasteiger partial charge in [-0.1, -0.05) is 18.2 Å². The number of halogens is 3. The normalized spacial score (nSPS) is 11.9. The number of nitrogens with zero attached hydrogens (tertiary/aromatic N) is 1. The molecular formula is C14H8F3N. The molecule has 0 spiro atoms. The van der Waals surface area contributed by atoms with Crippen LogP contribution in [0.5, 0.6) is 0 Å². The predicted octanol–water partition coefficient (Wildman–Crippen LogP) is 3.90. The Hall–Kier alpha value is -2.28. The number of hydrogen-bond acceptors (Lipinski definition) is 1. The van der Waals surface area contributed by atoms with Crippen molar-refractivity contribution in [1.82, 2.24) is 0 Å². The lowest BCUT2D eigenvalue weighted by Crippen LogP contribution is -1.99. The van der Waals surface area contributed by atoms with Crippen LogP contribution in [0.3, 0.4) is 0 Å². The van der Waals surface area contributed by atoms with Crippen molar-refractivity contribution in [2.24, 2.45) is 0 Å². The fourth-order valence-corrected chi connectivity index (χ4v) is 1.65. The molecule has 0 fully saturated rings. The maximum Gasteiger partial charge on any atom is 0.153 e. The van der Waals surface area contributed by atoms with Crippen molar-refractivity contribution in [3.8, 4) is 6.07 Å². The lowest BCUT2D eigenvalue weighted by atomic mass is 10.0. The van der Waals surface area contributed by atoms with Gasteiger partial charge in [-0.15, -0.1) is 0 Å². The Kier molecular flexibility index (Phi) is 3.33. The van der Waals surface area contributed by atoms with E-state index in [0.717, 1.165) is 12.1 Å². The molecular weight excluding hydrogens is 239 g/mol. The van der Waals surface area contributed by atoms with Crippen LogP contribution in [-0.2, 0) is 0 Å². The molecule has 0 heterocycles. The minimum absolute atomic E-state index is 0.0404. The molecule has 2 rings (SSSR count). The number of nitriles is 1. The van der Waals surface area contributed by atoms with Gasteiger partial charge in [-0.25, -0.2) is 13.2 Å². The van der Waals surface area contributed by atoms with Crippen LogP contribution in [0.2, 0.25) is 0 Å². The van der Waals surface area contributed by atoms with E-state index in [9.17, 15) is 13.2 Å². The van der Waals surface area contributed by atoms with Gasteiger partial charge in [0, 0.05) is 5.56 Å². The maximum atomic E-state index is 14.1. The van der Waals surface area contributed by atoms with Gasteiger partial charge in [0.1, 0.15) is 11.6 Å². The first-order valence-corrected chi connectivity index (χ1v) is 5.21. The maximum absolute atomic E-state index is 14.1. The summed E-state index contributed by atoms with van der Waals surface area (Å²) < 4.78 is 40.6. The van der Waals surface area contributed by atoms with Gasteiger partial charge in [0.15, 0.2) is 6.17 Å². The van der Waals surface area contributed by atoms with Crippen LogP contribution >= 0.6 is 0 Å². The fraction of sp³-hybridized carbons (Fsp3) is 0.0714. The van der Waals surface area contributed by atoms with Crippen LogP contribution in [0.1, 0.15) is 22.9 Å². The second-order valence-electron chi connectivity index (χ2n) is 3.77. The van der Waals surface area contributed by atoms with Crippen LogP contribution < -0.4 is 0 Å². The molecule has 1 atom stereocenters. The summed E-state index contributed by atoms with van der Waals surface area (Å²) in [6, 6.07) is 10.2. The quantitative estimate of drug-likeness (QED) is 0.789. The van der Waals surface area contributed by atoms with Gasteiger partial charge in [0.05, 0.1) is 11.6 Å². The zero-order valence-electron chi connectivity index (χ0n) is 9.20. The van der Waals surface area contributed by atoms with E-state index >= 15 is 0 Å². The first kappa shape index (κ1) is 12.2. The second-order valence-corrected chi connectivity index (χ2v) is 3.77. The Morgan fingerprint density at radius 3 is 2.44 bits per heavy atom. The summed E-state index contributed by atoms with van der Waals surface area (Å²) >= 11 is 0. The molecule has 18 heavy (non-hydrogen) atoms. The number of benzene rings is 2. The van der Waals surface area contributed by atoms with Crippen LogP contribution in [-0.4, -0.2) is 0 Å². The minimum atomic E-state index is -1.76. The zero-order valence-corrected chi connectivity index (χ0v) is 9.20. The SMILES string of the molecule is N#Cc1ccc([C@@H](F)c2cccc(F)c2)c(F)c1. The Morgan fingerprint density at radius 2 is 1.83 bits per heavy atom. The van der Waals surface area contributed by atoms with Crippen LogP contribution in [0.15, 0.2) is 42.5 Å². The van der Waals surface area contributed by atoms with E-state index in [-0.39, 0.29) is 16.7 Å². The minimum Gasteiger partial charge on any atom is -0.237 e.